The van der Waals surface area contributed by atoms with Gasteiger partial charge >= 0.3 is 0 Å². The van der Waals surface area contributed by atoms with Gasteiger partial charge in [0.15, 0.2) is 5.65 Å². The highest BCUT2D eigenvalue weighted by atomic mass is 16.5. The molecule has 1 aliphatic heterocycles. The maximum absolute atomic E-state index is 13.3. The van der Waals surface area contributed by atoms with Gasteiger partial charge in [-0.15, -0.1) is 0 Å². The Balaban J connectivity index is 1.78. The van der Waals surface area contributed by atoms with Crippen molar-refractivity contribution in [3.63, 3.8) is 0 Å². The minimum atomic E-state index is 0.0667. The van der Waals surface area contributed by atoms with Crippen molar-refractivity contribution in [1.29, 1.82) is 0 Å². The van der Waals surface area contributed by atoms with Gasteiger partial charge in [-0.3, -0.25) is 9.48 Å². The van der Waals surface area contributed by atoms with Crippen LogP contribution in [0.5, 0.6) is 5.75 Å². The maximum atomic E-state index is 13.3. The van der Waals surface area contributed by atoms with E-state index in [4.69, 9.17) is 9.72 Å². The summed E-state index contributed by atoms with van der Waals surface area (Å²) >= 11 is 0. The molecular weight excluding hydrogens is 340 g/mol. The first kappa shape index (κ1) is 17.5. The topological polar surface area (TPSA) is 60.2 Å². The highest BCUT2D eigenvalue weighted by molar-refractivity contribution is 6.06. The number of likely N-dealkylation sites (tertiary alicyclic amines) is 1. The number of carbonyl (C=O) groups is 1. The van der Waals surface area contributed by atoms with Gasteiger partial charge in [-0.1, -0.05) is 6.92 Å². The number of hydrogen-bond donors (Lipinski definition) is 0. The third-order valence-electron chi connectivity index (χ3n) is 5.39. The van der Waals surface area contributed by atoms with Crippen molar-refractivity contribution >= 4 is 16.9 Å². The molecule has 2 aromatic heterocycles. The number of hydrogen-bond acceptors (Lipinski definition) is 4. The largest absolute Gasteiger partial charge is 0.497 e. The molecule has 140 valence electrons. The van der Waals surface area contributed by atoms with Crippen molar-refractivity contribution in [2.45, 2.75) is 19.8 Å². The molecule has 3 aromatic rings. The lowest BCUT2D eigenvalue weighted by molar-refractivity contribution is 0.0699. The summed E-state index contributed by atoms with van der Waals surface area (Å²) in [6.07, 6.45) is 3.84. The average Bonchev–Trinajstić information content (AvgIpc) is 3.08. The molecule has 27 heavy (non-hydrogen) atoms. The number of fused-ring (bicyclic) bond motifs is 1. The van der Waals surface area contributed by atoms with Crippen LogP contribution in [0.3, 0.4) is 0 Å². The summed E-state index contributed by atoms with van der Waals surface area (Å²) in [7, 11) is 3.50. The van der Waals surface area contributed by atoms with Crippen LogP contribution in [-0.4, -0.2) is 45.8 Å². The Morgan fingerprint density at radius 3 is 2.56 bits per heavy atom. The Kier molecular flexibility index (Phi) is 4.56. The van der Waals surface area contributed by atoms with Crippen LogP contribution in [0.25, 0.3) is 22.3 Å². The van der Waals surface area contributed by atoms with Gasteiger partial charge in [-0.2, -0.15) is 5.10 Å². The summed E-state index contributed by atoms with van der Waals surface area (Å²) < 4.78 is 6.96. The number of pyridine rings is 1. The number of methoxy groups -OCH3 is 1. The molecule has 1 fully saturated rings. The lowest BCUT2D eigenvalue weighted by Crippen LogP contribution is -2.38. The molecule has 0 saturated carbocycles. The molecule has 1 saturated heterocycles. The van der Waals surface area contributed by atoms with Crippen molar-refractivity contribution in [2.24, 2.45) is 13.0 Å². The lowest BCUT2D eigenvalue weighted by atomic mass is 9.98. The van der Waals surface area contributed by atoms with Crippen LogP contribution in [0.2, 0.25) is 0 Å². The molecule has 3 heterocycles. The van der Waals surface area contributed by atoms with Crippen LogP contribution in [0.4, 0.5) is 0 Å². The zero-order valence-electron chi connectivity index (χ0n) is 16.0. The Morgan fingerprint density at radius 1 is 1.19 bits per heavy atom. The van der Waals surface area contributed by atoms with E-state index in [1.807, 2.05) is 42.3 Å². The minimum Gasteiger partial charge on any atom is -0.497 e. The number of rotatable bonds is 3. The number of ether oxygens (including phenoxy) is 1. The Hall–Kier alpha value is -2.89. The van der Waals surface area contributed by atoms with E-state index < -0.39 is 0 Å². The second kappa shape index (κ2) is 7.02. The summed E-state index contributed by atoms with van der Waals surface area (Å²) in [6, 6.07) is 9.61. The lowest BCUT2D eigenvalue weighted by Gasteiger charge is -2.30. The monoisotopic (exact) mass is 364 g/mol. The predicted octanol–water partition coefficient (Wildman–Crippen LogP) is 3.52. The summed E-state index contributed by atoms with van der Waals surface area (Å²) in [6.45, 7) is 3.86. The molecule has 0 aliphatic carbocycles. The molecule has 1 amide bonds. The highest BCUT2D eigenvalue weighted by Gasteiger charge is 2.24. The molecule has 4 rings (SSSR count). The van der Waals surface area contributed by atoms with Gasteiger partial charge in [-0.25, -0.2) is 4.98 Å². The smallest absolute Gasteiger partial charge is 0.254 e. The van der Waals surface area contributed by atoms with E-state index in [2.05, 4.69) is 12.0 Å². The average molecular weight is 364 g/mol. The standard InChI is InChI=1S/C21H24N4O2/c1-14-8-10-25(11-9-14)21(26)17-12-19(15-4-6-16(27-3)7-5-15)23-20-18(17)13-22-24(20)2/h4-7,12-14H,8-11H2,1-3H3. The maximum Gasteiger partial charge on any atom is 0.254 e. The van der Waals surface area contributed by atoms with Crippen LogP contribution in [-0.2, 0) is 7.05 Å². The van der Waals surface area contributed by atoms with Gasteiger partial charge in [0, 0.05) is 25.7 Å². The van der Waals surface area contributed by atoms with Gasteiger partial charge < -0.3 is 9.64 Å². The first-order valence-corrected chi connectivity index (χ1v) is 9.33. The molecule has 0 unspecified atom stereocenters. The van der Waals surface area contributed by atoms with E-state index in [1.165, 1.54) is 0 Å². The Bertz CT molecular complexity index is 970. The molecule has 0 spiro atoms. The first-order valence-electron chi connectivity index (χ1n) is 9.33. The molecule has 1 aliphatic rings. The molecule has 0 atom stereocenters. The fourth-order valence-electron chi connectivity index (χ4n) is 3.58. The van der Waals surface area contributed by atoms with Gasteiger partial charge in [-0.05, 0) is 49.1 Å². The van der Waals surface area contributed by atoms with E-state index in [1.54, 1.807) is 18.0 Å². The van der Waals surface area contributed by atoms with Crippen LogP contribution in [0.1, 0.15) is 30.1 Å². The van der Waals surface area contributed by atoms with Gasteiger partial charge in [0.25, 0.3) is 5.91 Å². The van der Waals surface area contributed by atoms with Crippen molar-refractivity contribution in [2.75, 3.05) is 20.2 Å². The summed E-state index contributed by atoms with van der Waals surface area (Å²) in [5.41, 5.74) is 3.10. The van der Waals surface area contributed by atoms with E-state index in [0.29, 0.717) is 11.5 Å². The zero-order valence-corrected chi connectivity index (χ0v) is 16.0. The second-order valence-corrected chi connectivity index (χ2v) is 7.26. The van der Waals surface area contributed by atoms with Gasteiger partial charge in [0.05, 0.1) is 30.0 Å². The molecule has 6 nitrogen and oxygen atoms in total. The van der Waals surface area contributed by atoms with Crippen LogP contribution < -0.4 is 4.74 Å². The van der Waals surface area contributed by atoms with Crippen molar-refractivity contribution in [3.8, 4) is 17.0 Å². The molecule has 1 aromatic carbocycles. The minimum absolute atomic E-state index is 0.0667. The number of amides is 1. The third-order valence-corrected chi connectivity index (χ3v) is 5.39. The third kappa shape index (κ3) is 3.27. The molecule has 0 bridgehead atoms. The Labute approximate surface area is 158 Å². The second-order valence-electron chi connectivity index (χ2n) is 7.26. The number of aromatic nitrogens is 3. The molecule has 6 heteroatoms. The molecule has 0 radical (unpaired) electrons. The number of benzene rings is 1. The van der Waals surface area contributed by atoms with E-state index in [-0.39, 0.29) is 5.91 Å². The summed E-state index contributed by atoms with van der Waals surface area (Å²) in [4.78, 5) is 20.0. The van der Waals surface area contributed by atoms with Crippen LogP contribution >= 0.6 is 0 Å². The number of nitrogens with zero attached hydrogens (tertiary/aromatic N) is 4. The fourth-order valence-corrected chi connectivity index (χ4v) is 3.58. The first-order chi connectivity index (χ1) is 13.1. The van der Waals surface area contributed by atoms with E-state index >= 15 is 0 Å². The van der Waals surface area contributed by atoms with Gasteiger partial charge in [0.2, 0.25) is 0 Å². The fraction of sp³-hybridized carbons (Fsp3) is 0.381. The van der Waals surface area contributed by atoms with Crippen molar-refractivity contribution in [3.05, 3.63) is 42.1 Å². The van der Waals surface area contributed by atoms with Crippen LogP contribution in [0, 0.1) is 5.92 Å². The molecule has 0 N–H and O–H groups in total. The summed E-state index contributed by atoms with van der Waals surface area (Å²) in [5, 5.41) is 5.13. The van der Waals surface area contributed by atoms with Crippen molar-refractivity contribution in [1.82, 2.24) is 19.7 Å². The quantitative estimate of drug-likeness (QED) is 0.713. The normalized spacial score (nSPS) is 15.3. The number of piperidine rings is 1. The number of carbonyl (C=O) groups excluding carboxylic acids is 1. The number of aryl methyl sites for hydroxylation is 1. The molecular formula is C21H24N4O2. The SMILES string of the molecule is COc1ccc(-c2cc(C(=O)N3CCC(C)CC3)c3cnn(C)c3n2)cc1. The Morgan fingerprint density at radius 2 is 1.89 bits per heavy atom. The van der Waals surface area contributed by atoms with Crippen LogP contribution in [0.15, 0.2) is 36.5 Å². The summed E-state index contributed by atoms with van der Waals surface area (Å²) in [5.74, 6) is 1.54. The van der Waals surface area contributed by atoms with E-state index in [0.717, 1.165) is 54.0 Å². The van der Waals surface area contributed by atoms with Gasteiger partial charge in [0.1, 0.15) is 5.75 Å². The predicted molar refractivity (Wildman–Crippen MR) is 105 cm³/mol. The van der Waals surface area contributed by atoms with E-state index in [9.17, 15) is 4.79 Å². The highest BCUT2D eigenvalue weighted by Crippen LogP contribution is 2.28. The zero-order chi connectivity index (χ0) is 19.0. The van der Waals surface area contributed by atoms with Crippen molar-refractivity contribution < 1.29 is 9.53 Å².